The first-order chi connectivity index (χ1) is 10.4. The molecule has 6 nitrogen and oxygen atoms in total. The smallest absolute Gasteiger partial charge is 0.326 e. The summed E-state index contributed by atoms with van der Waals surface area (Å²) in [5.74, 6) is -0.390. The van der Waals surface area contributed by atoms with E-state index in [1.165, 1.54) is 10.6 Å². The molecule has 2 heterocycles. The van der Waals surface area contributed by atoms with Gasteiger partial charge in [-0.15, -0.1) is 0 Å². The normalized spacial score (nSPS) is 9.59. The van der Waals surface area contributed by atoms with Gasteiger partial charge in [0.2, 0.25) is 5.56 Å². The molecule has 0 unspecified atom stereocenters. The Balaban J connectivity index is 0.000000255. The molecule has 6 heteroatoms. The van der Waals surface area contributed by atoms with Crippen LogP contribution < -0.4 is 11.1 Å². The minimum Gasteiger partial charge on any atom is -0.465 e. The molecular formula is C16H20N2O4. The van der Waals surface area contributed by atoms with E-state index in [1.807, 2.05) is 19.9 Å². The van der Waals surface area contributed by atoms with Gasteiger partial charge in [-0.1, -0.05) is 0 Å². The minimum absolute atomic E-state index is 0.0209. The summed E-state index contributed by atoms with van der Waals surface area (Å²) < 4.78 is 6.06. The lowest BCUT2D eigenvalue weighted by molar-refractivity contribution is -0.143. The fourth-order valence-electron chi connectivity index (χ4n) is 1.63. The number of hydrogen-bond acceptors (Lipinski definition) is 4. The molecule has 0 radical (unpaired) electrons. The lowest BCUT2D eigenvalue weighted by Gasteiger charge is -2.04. The number of carbonyl (C=O) groups excluding carboxylic acids is 1. The van der Waals surface area contributed by atoms with Gasteiger partial charge in [-0.2, -0.15) is 0 Å². The highest BCUT2D eigenvalue weighted by Crippen LogP contribution is 1.91. The van der Waals surface area contributed by atoms with Crippen molar-refractivity contribution in [3.63, 3.8) is 0 Å². The van der Waals surface area contributed by atoms with Crippen molar-refractivity contribution in [3.05, 3.63) is 68.5 Å². The molecule has 0 spiro atoms. The third-order valence-corrected chi connectivity index (χ3v) is 2.69. The quantitative estimate of drug-likeness (QED) is 0.869. The molecule has 0 saturated carbocycles. The maximum Gasteiger partial charge on any atom is 0.326 e. The van der Waals surface area contributed by atoms with Crippen LogP contribution in [-0.2, 0) is 16.1 Å². The fourth-order valence-corrected chi connectivity index (χ4v) is 1.63. The molecule has 0 aliphatic carbocycles. The van der Waals surface area contributed by atoms with Gasteiger partial charge in [0.1, 0.15) is 6.54 Å². The summed E-state index contributed by atoms with van der Waals surface area (Å²) in [5.41, 5.74) is 1.66. The second kappa shape index (κ2) is 8.61. The van der Waals surface area contributed by atoms with Crippen LogP contribution in [0.2, 0.25) is 0 Å². The van der Waals surface area contributed by atoms with Crippen LogP contribution in [-0.4, -0.2) is 22.1 Å². The van der Waals surface area contributed by atoms with Gasteiger partial charge in [0.15, 0.2) is 0 Å². The number of nitrogens with one attached hydrogen (secondary N) is 1. The second-order valence-electron chi connectivity index (χ2n) is 4.71. The molecule has 118 valence electrons. The summed E-state index contributed by atoms with van der Waals surface area (Å²) >= 11 is 0. The van der Waals surface area contributed by atoms with Gasteiger partial charge in [-0.25, -0.2) is 0 Å². The Kier molecular flexibility index (Phi) is 6.82. The van der Waals surface area contributed by atoms with E-state index >= 15 is 0 Å². The minimum atomic E-state index is -0.390. The third kappa shape index (κ3) is 6.21. The zero-order valence-corrected chi connectivity index (χ0v) is 13.0. The number of pyridine rings is 2. The van der Waals surface area contributed by atoms with Crippen molar-refractivity contribution in [3.8, 4) is 0 Å². The summed E-state index contributed by atoms with van der Waals surface area (Å²) in [7, 11) is 0. The zero-order chi connectivity index (χ0) is 16.5. The number of ether oxygens (including phenoxy) is 1. The Morgan fingerprint density at radius 2 is 1.86 bits per heavy atom. The Bertz CT molecular complexity index is 731. The zero-order valence-electron chi connectivity index (χ0n) is 13.0. The van der Waals surface area contributed by atoms with E-state index in [1.54, 1.807) is 31.5 Å². The molecule has 2 aromatic rings. The number of aryl methyl sites for hydroxylation is 2. The van der Waals surface area contributed by atoms with E-state index < -0.39 is 5.97 Å². The van der Waals surface area contributed by atoms with Gasteiger partial charge in [-0.05, 0) is 44.0 Å². The molecule has 2 rings (SSSR count). The van der Waals surface area contributed by atoms with Crippen LogP contribution in [0.5, 0.6) is 0 Å². The van der Waals surface area contributed by atoms with Gasteiger partial charge in [0, 0.05) is 24.5 Å². The summed E-state index contributed by atoms with van der Waals surface area (Å²) in [6.45, 7) is 5.76. The largest absolute Gasteiger partial charge is 0.465 e. The maximum absolute atomic E-state index is 11.3. The summed E-state index contributed by atoms with van der Waals surface area (Å²) in [6, 6.07) is 6.67. The molecule has 0 bridgehead atoms. The molecule has 22 heavy (non-hydrogen) atoms. The lowest BCUT2D eigenvalue weighted by atomic mass is 10.3. The summed E-state index contributed by atoms with van der Waals surface area (Å²) in [4.78, 5) is 35.4. The molecule has 2 aromatic heterocycles. The SMILES string of the molecule is CCOC(=O)Cn1ccc(C)cc1=O.Cc1cc[nH]c(=O)c1. The number of H-pyrrole nitrogens is 1. The van der Waals surface area contributed by atoms with Crippen molar-refractivity contribution >= 4 is 5.97 Å². The van der Waals surface area contributed by atoms with Crippen LogP contribution in [0.25, 0.3) is 0 Å². The second-order valence-corrected chi connectivity index (χ2v) is 4.71. The summed E-state index contributed by atoms with van der Waals surface area (Å²) in [6.07, 6.45) is 3.23. The first-order valence-corrected chi connectivity index (χ1v) is 6.90. The topological polar surface area (TPSA) is 81.2 Å². The number of aromatic amines is 1. The molecule has 0 aliphatic rings. The van der Waals surface area contributed by atoms with Crippen molar-refractivity contribution < 1.29 is 9.53 Å². The molecule has 1 N–H and O–H groups in total. The molecule has 0 amide bonds. The van der Waals surface area contributed by atoms with Gasteiger partial charge in [-0.3, -0.25) is 14.4 Å². The Morgan fingerprint density at radius 1 is 1.18 bits per heavy atom. The molecule has 0 aromatic carbocycles. The van der Waals surface area contributed by atoms with E-state index in [0.29, 0.717) is 6.61 Å². The van der Waals surface area contributed by atoms with E-state index in [4.69, 9.17) is 4.74 Å². The van der Waals surface area contributed by atoms with Crippen LogP contribution in [0.15, 0.2) is 46.2 Å². The lowest BCUT2D eigenvalue weighted by Crippen LogP contribution is -2.24. The highest BCUT2D eigenvalue weighted by molar-refractivity contribution is 5.69. The number of rotatable bonds is 3. The highest BCUT2D eigenvalue weighted by Gasteiger charge is 2.03. The van der Waals surface area contributed by atoms with Crippen molar-refractivity contribution in [2.75, 3.05) is 6.61 Å². The standard InChI is InChI=1S/C10H13NO3.C6H7NO/c1-3-14-10(13)7-11-5-4-8(2)6-9(11)12;1-5-2-3-7-6(8)4-5/h4-6H,3,7H2,1-2H3;2-4H,1H3,(H,7,8). The molecule has 0 atom stereocenters. The predicted molar refractivity (Wildman–Crippen MR) is 83.9 cm³/mol. The molecule has 0 saturated heterocycles. The van der Waals surface area contributed by atoms with E-state index in [-0.39, 0.29) is 17.7 Å². The Morgan fingerprint density at radius 3 is 2.36 bits per heavy atom. The number of hydrogen-bond donors (Lipinski definition) is 1. The van der Waals surface area contributed by atoms with Crippen LogP contribution in [0.4, 0.5) is 0 Å². The van der Waals surface area contributed by atoms with E-state index in [0.717, 1.165) is 11.1 Å². The highest BCUT2D eigenvalue weighted by atomic mass is 16.5. The van der Waals surface area contributed by atoms with Gasteiger partial charge in [0.05, 0.1) is 6.61 Å². The van der Waals surface area contributed by atoms with Crippen molar-refractivity contribution in [2.24, 2.45) is 0 Å². The van der Waals surface area contributed by atoms with Crippen LogP contribution in [0, 0.1) is 13.8 Å². The summed E-state index contributed by atoms with van der Waals surface area (Å²) in [5, 5.41) is 0. The van der Waals surface area contributed by atoms with Gasteiger partial charge >= 0.3 is 5.97 Å². The number of nitrogens with zero attached hydrogens (tertiary/aromatic N) is 1. The van der Waals surface area contributed by atoms with Crippen LogP contribution >= 0.6 is 0 Å². The maximum atomic E-state index is 11.3. The van der Waals surface area contributed by atoms with Gasteiger partial charge < -0.3 is 14.3 Å². The first kappa shape index (κ1) is 17.4. The monoisotopic (exact) mass is 304 g/mol. The molecule has 0 aliphatic heterocycles. The molecular weight excluding hydrogens is 284 g/mol. The van der Waals surface area contributed by atoms with Crippen LogP contribution in [0.3, 0.4) is 0 Å². The first-order valence-electron chi connectivity index (χ1n) is 6.90. The van der Waals surface area contributed by atoms with Gasteiger partial charge in [0.25, 0.3) is 5.56 Å². The Hall–Kier alpha value is -2.63. The fraction of sp³-hybridized carbons (Fsp3) is 0.312. The average molecular weight is 304 g/mol. The van der Waals surface area contributed by atoms with Crippen molar-refractivity contribution in [1.29, 1.82) is 0 Å². The van der Waals surface area contributed by atoms with Crippen molar-refractivity contribution in [2.45, 2.75) is 27.3 Å². The predicted octanol–water partition coefficient (Wildman–Crippen LogP) is 1.40. The van der Waals surface area contributed by atoms with E-state index in [9.17, 15) is 14.4 Å². The number of carbonyl (C=O) groups is 1. The average Bonchev–Trinajstić information content (AvgIpc) is 2.43. The third-order valence-electron chi connectivity index (χ3n) is 2.69. The van der Waals surface area contributed by atoms with Crippen LogP contribution in [0.1, 0.15) is 18.1 Å². The number of esters is 1. The molecule has 0 fully saturated rings. The number of aromatic nitrogens is 2. The Labute approximate surface area is 128 Å². The van der Waals surface area contributed by atoms with E-state index in [2.05, 4.69) is 4.98 Å². The van der Waals surface area contributed by atoms with Crippen molar-refractivity contribution in [1.82, 2.24) is 9.55 Å².